The Morgan fingerprint density at radius 2 is 1.86 bits per heavy atom. The summed E-state index contributed by atoms with van der Waals surface area (Å²) in [6.45, 7) is 5.54. The van der Waals surface area contributed by atoms with Crippen LogP contribution in [0, 0.1) is 5.92 Å². The molecule has 0 rings (SSSR count). The molecule has 0 saturated carbocycles. The van der Waals surface area contributed by atoms with Gasteiger partial charge >= 0.3 is 5.97 Å². The number of rotatable bonds is 5. The van der Waals surface area contributed by atoms with E-state index in [4.69, 9.17) is 0 Å². The number of carbonyl (C=O) groups excluding carboxylic acids is 2. The molecule has 82 valence electrons. The van der Waals surface area contributed by atoms with E-state index in [1.807, 2.05) is 0 Å². The molecule has 0 aromatic heterocycles. The van der Waals surface area contributed by atoms with Crippen LogP contribution in [-0.2, 0) is 14.3 Å². The van der Waals surface area contributed by atoms with Crippen LogP contribution in [-0.4, -0.2) is 25.0 Å². The number of amides is 1. The number of methoxy groups -OCH3 is 1. The molecule has 0 aromatic carbocycles. The van der Waals surface area contributed by atoms with E-state index in [1.165, 1.54) is 14.0 Å². The van der Waals surface area contributed by atoms with Gasteiger partial charge < -0.3 is 10.1 Å². The Balaban J connectivity index is 4.10. The Labute approximate surface area is 85.0 Å². The number of hydrogen-bond acceptors (Lipinski definition) is 3. The summed E-state index contributed by atoms with van der Waals surface area (Å²) >= 11 is 0. The minimum Gasteiger partial charge on any atom is -0.467 e. The summed E-state index contributed by atoms with van der Waals surface area (Å²) in [5.41, 5.74) is 0. The predicted octanol–water partition coefficient (Wildman–Crippen LogP) is 1.10. The highest BCUT2D eigenvalue weighted by Crippen LogP contribution is 2.07. The summed E-state index contributed by atoms with van der Waals surface area (Å²) in [6, 6.07) is -0.500. The van der Waals surface area contributed by atoms with Gasteiger partial charge in [0.25, 0.3) is 0 Å². The average Bonchev–Trinajstić information content (AvgIpc) is 2.10. The largest absolute Gasteiger partial charge is 0.467 e. The Hall–Kier alpha value is -1.06. The molecule has 4 nitrogen and oxygen atoms in total. The molecule has 0 bridgehead atoms. The maximum absolute atomic E-state index is 11.2. The van der Waals surface area contributed by atoms with Crippen molar-refractivity contribution in [2.24, 2.45) is 5.92 Å². The standard InChI is InChI=1S/C10H19NO3/c1-7(2)5-6-9(10(13)14-4)11-8(3)12/h7,9H,5-6H2,1-4H3,(H,11,12)/t9-/m1/s1. The van der Waals surface area contributed by atoms with Gasteiger partial charge in [-0.2, -0.15) is 0 Å². The van der Waals surface area contributed by atoms with Gasteiger partial charge in [-0.1, -0.05) is 13.8 Å². The van der Waals surface area contributed by atoms with Gasteiger partial charge in [-0.15, -0.1) is 0 Å². The molecule has 0 fully saturated rings. The number of esters is 1. The average molecular weight is 201 g/mol. The molecule has 1 N–H and O–H groups in total. The van der Waals surface area contributed by atoms with Gasteiger partial charge in [-0.25, -0.2) is 4.79 Å². The number of nitrogens with one attached hydrogen (secondary N) is 1. The van der Waals surface area contributed by atoms with Crippen LogP contribution in [0.25, 0.3) is 0 Å². The van der Waals surface area contributed by atoms with Crippen LogP contribution in [0.4, 0.5) is 0 Å². The van der Waals surface area contributed by atoms with Gasteiger partial charge in [0.05, 0.1) is 7.11 Å². The first-order valence-electron chi connectivity index (χ1n) is 4.82. The summed E-state index contributed by atoms with van der Waals surface area (Å²) < 4.78 is 4.59. The van der Waals surface area contributed by atoms with Crippen LogP contribution < -0.4 is 5.32 Å². The molecule has 0 unspecified atom stereocenters. The molecule has 0 aliphatic rings. The molecule has 0 aliphatic carbocycles. The van der Waals surface area contributed by atoms with Crippen molar-refractivity contribution in [3.05, 3.63) is 0 Å². The second-order valence-electron chi connectivity index (χ2n) is 3.75. The van der Waals surface area contributed by atoms with Crippen LogP contribution in [0.5, 0.6) is 0 Å². The minimum absolute atomic E-state index is 0.204. The highest BCUT2D eigenvalue weighted by atomic mass is 16.5. The molecule has 1 amide bonds. The van der Waals surface area contributed by atoms with Gasteiger partial charge in [0.2, 0.25) is 5.91 Å². The van der Waals surface area contributed by atoms with Crippen molar-refractivity contribution in [2.75, 3.05) is 7.11 Å². The van der Waals surface area contributed by atoms with E-state index in [2.05, 4.69) is 23.9 Å². The first-order chi connectivity index (χ1) is 6.47. The Bertz CT molecular complexity index is 202. The van der Waals surface area contributed by atoms with E-state index in [9.17, 15) is 9.59 Å². The summed E-state index contributed by atoms with van der Waals surface area (Å²) in [6.07, 6.45) is 1.52. The zero-order chi connectivity index (χ0) is 11.1. The maximum atomic E-state index is 11.2. The van der Waals surface area contributed by atoms with Crippen molar-refractivity contribution < 1.29 is 14.3 Å². The minimum atomic E-state index is -0.500. The lowest BCUT2D eigenvalue weighted by molar-refractivity contribution is -0.145. The van der Waals surface area contributed by atoms with Crippen molar-refractivity contribution in [1.82, 2.24) is 5.32 Å². The Morgan fingerprint density at radius 1 is 1.29 bits per heavy atom. The van der Waals surface area contributed by atoms with E-state index in [-0.39, 0.29) is 11.9 Å². The highest BCUT2D eigenvalue weighted by Gasteiger charge is 2.19. The monoisotopic (exact) mass is 201 g/mol. The second kappa shape index (κ2) is 6.40. The van der Waals surface area contributed by atoms with E-state index in [0.29, 0.717) is 12.3 Å². The lowest BCUT2D eigenvalue weighted by Crippen LogP contribution is -2.40. The molecule has 1 atom stereocenters. The first-order valence-corrected chi connectivity index (χ1v) is 4.82. The SMILES string of the molecule is COC(=O)[C@@H](CCC(C)C)NC(C)=O. The van der Waals surface area contributed by atoms with Crippen molar-refractivity contribution in [1.29, 1.82) is 0 Å². The van der Waals surface area contributed by atoms with Gasteiger partial charge in [-0.3, -0.25) is 4.79 Å². The fourth-order valence-electron chi connectivity index (χ4n) is 1.14. The molecule has 0 aliphatic heterocycles. The smallest absolute Gasteiger partial charge is 0.328 e. The molecule has 0 aromatic rings. The normalized spacial score (nSPS) is 12.4. The van der Waals surface area contributed by atoms with Gasteiger partial charge in [-0.05, 0) is 18.8 Å². The van der Waals surface area contributed by atoms with Crippen molar-refractivity contribution >= 4 is 11.9 Å². The third-order valence-corrected chi connectivity index (χ3v) is 1.90. The van der Waals surface area contributed by atoms with Crippen LogP contribution in [0.1, 0.15) is 33.6 Å². The number of carbonyl (C=O) groups is 2. The van der Waals surface area contributed by atoms with E-state index in [0.717, 1.165) is 6.42 Å². The Kier molecular flexibility index (Phi) is 5.92. The fourth-order valence-corrected chi connectivity index (χ4v) is 1.14. The third-order valence-electron chi connectivity index (χ3n) is 1.90. The highest BCUT2D eigenvalue weighted by molar-refractivity contribution is 5.83. The molecule has 0 radical (unpaired) electrons. The second-order valence-corrected chi connectivity index (χ2v) is 3.75. The predicted molar refractivity (Wildman–Crippen MR) is 53.7 cm³/mol. The zero-order valence-electron chi connectivity index (χ0n) is 9.29. The first kappa shape index (κ1) is 12.9. The molecule has 14 heavy (non-hydrogen) atoms. The molecule has 0 heterocycles. The lowest BCUT2D eigenvalue weighted by atomic mass is 10.0. The van der Waals surface area contributed by atoms with Gasteiger partial charge in [0.15, 0.2) is 0 Å². The lowest BCUT2D eigenvalue weighted by Gasteiger charge is -2.16. The molecule has 4 heteroatoms. The van der Waals surface area contributed by atoms with Crippen molar-refractivity contribution in [2.45, 2.75) is 39.7 Å². The molecule has 0 spiro atoms. The van der Waals surface area contributed by atoms with Gasteiger partial charge in [0, 0.05) is 6.92 Å². The maximum Gasteiger partial charge on any atom is 0.328 e. The summed E-state index contributed by atoms with van der Waals surface area (Å²) in [7, 11) is 1.33. The van der Waals surface area contributed by atoms with E-state index >= 15 is 0 Å². The van der Waals surface area contributed by atoms with Crippen LogP contribution >= 0.6 is 0 Å². The zero-order valence-corrected chi connectivity index (χ0v) is 9.29. The Morgan fingerprint density at radius 3 is 2.21 bits per heavy atom. The van der Waals surface area contributed by atoms with Crippen LogP contribution in [0.15, 0.2) is 0 Å². The van der Waals surface area contributed by atoms with Crippen molar-refractivity contribution in [3.63, 3.8) is 0 Å². The molecular weight excluding hydrogens is 182 g/mol. The number of ether oxygens (including phenoxy) is 1. The van der Waals surface area contributed by atoms with Crippen LogP contribution in [0.2, 0.25) is 0 Å². The summed E-state index contributed by atoms with van der Waals surface area (Å²) in [5, 5.41) is 2.57. The van der Waals surface area contributed by atoms with E-state index < -0.39 is 6.04 Å². The van der Waals surface area contributed by atoms with Crippen molar-refractivity contribution in [3.8, 4) is 0 Å². The molecular formula is C10H19NO3. The van der Waals surface area contributed by atoms with Crippen LogP contribution in [0.3, 0.4) is 0 Å². The topological polar surface area (TPSA) is 55.4 Å². The number of hydrogen-bond donors (Lipinski definition) is 1. The fraction of sp³-hybridized carbons (Fsp3) is 0.800. The third kappa shape index (κ3) is 5.56. The van der Waals surface area contributed by atoms with E-state index in [1.54, 1.807) is 0 Å². The van der Waals surface area contributed by atoms with Gasteiger partial charge in [0.1, 0.15) is 6.04 Å². The molecule has 0 saturated heterocycles. The summed E-state index contributed by atoms with van der Waals surface area (Å²) in [5.74, 6) is -0.0686. The summed E-state index contributed by atoms with van der Waals surface area (Å²) in [4.78, 5) is 22.0. The quantitative estimate of drug-likeness (QED) is 0.678.